The quantitative estimate of drug-likeness (QED) is 0.807. The molecule has 2 aromatic carbocycles. The number of halogens is 1. The summed E-state index contributed by atoms with van der Waals surface area (Å²) in [6, 6.07) is 13.2. The predicted octanol–water partition coefficient (Wildman–Crippen LogP) is 2.38. The third-order valence-corrected chi connectivity index (χ3v) is 5.35. The number of nitrogens with one attached hydrogen (secondary N) is 1. The Morgan fingerprint density at radius 2 is 1.66 bits per heavy atom. The number of piperazine rings is 1. The molecular weight excluding hydrogens is 371 g/mol. The van der Waals surface area contributed by atoms with Crippen LogP contribution >= 0.6 is 0 Å². The van der Waals surface area contributed by atoms with Crippen LogP contribution in [0, 0.1) is 12.7 Å². The Morgan fingerprint density at radius 3 is 2.31 bits per heavy atom. The second kappa shape index (κ2) is 8.03. The van der Waals surface area contributed by atoms with Crippen molar-refractivity contribution in [1.82, 2.24) is 10.2 Å². The summed E-state index contributed by atoms with van der Waals surface area (Å²) in [7, 11) is 0. The average Bonchev–Trinajstić information content (AvgIpc) is 3.09. The summed E-state index contributed by atoms with van der Waals surface area (Å²) < 4.78 is 13.1. The predicted molar refractivity (Wildman–Crippen MR) is 110 cm³/mol. The Bertz CT molecular complexity index is 932. The Morgan fingerprint density at radius 1 is 1.03 bits per heavy atom. The van der Waals surface area contributed by atoms with Gasteiger partial charge in [0.2, 0.25) is 5.96 Å². The fraction of sp³-hybridized carbons (Fsp3) is 0.318. The zero-order valence-electron chi connectivity index (χ0n) is 16.3. The van der Waals surface area contributed by atoms with Crippen LogP contribution in [0.15, 0.2) is 53.5 Å². The van der Waals surface area contributed by atoms with E-state index in [-0.39, 0.29) is 23.9 Å². The van der Waals surface area contributed by atoms with E-state index >= 15 is 0 Å². The van der Waals surface area contributed by atoms with Gasteiger partial charge < -0.3 is 15.1 Å². The van der Waals surface area contributed by atoms with Crippen LogP contribution in [0.2, 0.25) is 0 Å². The van der Waals surface area contributed by atoms with Crippen LogP contribution in [0.3, 0.4) is 0 Å². The monoisotopic (exact) mass is 394 g/mol. The molecule has 1 unspecified atom stereocenters. The standard InChI is InChI=1S/C22H23FN4O2/c1-15-2-4-16(5-3-15)20(28)14-19-21(29)25-22(24-19)27-12-10-26(11-13-27)18-8-6-17(23)7-9-18/h2-9,19H,10-14H2,1H3,(H,24,25,29). The van der Waals surface area contributed by atoms with Gasteiger partial charge in [-0.1, -0.05) is 29.8 Å². The van der Waals surface area contributed by atoms with Crippen LogP contribution < -0.4 is 10.2 Å². The first-order valence-corrected chi connectivity index (χ1v) is 9.74. The van der Waals surface area contributed by atoms with E-state index in [0.717, 1.165) is 24.3 Å². The van der Waals surface area contributed by atoms with E-state index in [1.807, 2.05) is 24.0 Å². The molecule has 2 aliphatic heterocycles. The second-order valence-corrected chi connectivity index (χ2v) is 7.41. The number of benzene rings is 2. The molecule has 1 atom stereocenters. The summed E-state index contributed by atoms with van der Waals surface area (Å²) in [5.41, 5.74) is 2.67. The first-order chi connectivity index (χ1) is 14.0. The first-order valence-electron chi connectivity index (χ1n) is 9.74. The van der Waals surface area contributed by atoms with Gasteiger partial charge in [-0.2, -0.15) is 4.99 Å². The van der Waals surface area contributed by atoms with Crippen LogP contribution in [0.25, 0.3) is 0 Å². The minimum Gasteiger partial charge on any atom is -0.368 e. The maximum Gasteiger partial charge on any atom is 0.271 e. The molecule has 0 radical (unpaired) electrons. The molecule has 1 N–H and O–H groups in total. The molecule has 6 nitrogen and oxygen atoms in total. The number of hydrogen-bond donors (Lipinski definition) is 1. The molecule has 2 heterocycles. The van der Waals surface area contributed by atoms with Crippen molar-refractivity contribution in [2.24, 2.45) is 4.99 Å². The molecule has 150 valence electrons. The van der Waals surface area contributed by atoms with Crippen LogP contribution in [0.1, 0.15) is 22.3 Å². The van der Waals surface area contributed by atoms with Gasteiger partial charge in [-0.25, -0.2) is 4.39 Å². The SMILES string of the molecule is Cc1ccc(C(=O)CC2NC(N3CCN(c4ccc(F)cc4)CC3)=NC2=O)cc1. The molecule has 7 heteroatoms. The van der Waals surface area contributed by atoms with Gasteiger partial charge in [-0.15, -0.1) is 0 Å². The summed E-state index contributed by atoms with van der Waals surface area (Å²) in [5, 5.41) is 3.12. The highest BCUT2D eigenvalue weighted by atomic mass is 19.1. The van der Waals surface area contributed by atoms with Gasteiger partial charge in [0, 0.05) is 43.9 Å². The second-order valence-electron chi connectivity index (χ2n) is 7.41. The Kier molecular flexibility index (Phi) is 5.29. The third-order valence-electron chi connectivity index (χ3n) is 5.35. The maximum absolute atomic E-state index is 13.1. The van der Waals surface area contributed by atoms with Crippen LogP contribution in [-0.2, 0) is 4.79 Å². The van der Waals surface area contributed by atoms with E-state index in [2.05, 4.69) is 15.2 Å². The van der Waals surface area contributed by atoms with Crippen LogP contribution in [-0.4, -0.2) is 54.8 Å². The molecule has 1 amide bonds. The van der Waals surface area contributed by atoms with Crippen LogP contribution in [0.4, 0.5) is 10.1 Å². The number of Topliss-reactive ketones (excluding diaryl/α,β-unsaturated/α-hetero) is 1. The number of rotatable bonds is 4. The third kappa shape index (κ3) is 4.29. The highest BCUT2D eigenvalue weighted by molar-refractivity contribution is 6.07. The van der Waals surface area contributed by atoms with E-state index < -0.39 is 6.04 Å². The molecule has 4 rings (SSSR count). The van der Waals surface area contributed by atoms with Gasteiger partial charge in [0.15, 0.2) is 5.78 Å². The molecule has 0 spiro atoms. The summed E-state index contributed by atoms with van der Waals surface area (Å²) in [6.07, 6.45) is 0.0877. The number of aliphatic imine (C=N–C) groups is 1. The van der Waals surface area contributed by atoms with E-state index in [4.69, 9.17) is 0 Å². The number of hydrogen-bond acceptors (Lipinski definition) is 5. The number of ketones is 1. The van der Waals surface area contributed by atoms with Crippen molar-refractivity contribution in [3.8, 4) is 0 Å². The molecule has 1 saturated heterocycles. The fourth-order valence-electron chi connectivity index (χ4n) is 3.60. The highest BCUT2D eigenvalue weighted by Crippen LogP contribution is 2.18. The molecule has 0 aliphatic carbocycles. The maximum atomic E-state index is 13.1. The van der Waals surface area contributed by atoms with Gasteiger partial charge in [0.1, 0.15) is 11.9 Å². The molecular formula is C22H23FN4O2. The summed E-state index contributed by atoms with van der Waals surface area (Å²) in [6.45, 7) is 4.83. The van der Waals surface area contributed by atoms with Crippen molar-refractivity contribution in [3.05, 3.63) is 65.5 Å². The van der Waals surface area contributed by atoms with Gasteiger partial charge in [0.25, 0.3) is 5.91 Å². The van der Waals surface area contributed by atoms with Crippen LogP contribution in [0.5, 0.6) is 0 Å². The number of nitrogens with zero attached hydrogens (tertiary/aromatic N) is 3. The van der Waals surface area contributed by atoms with E-state index in [1.165, 1.54) is 12.1 Å². The Hall–Kier alpha value is -3.22. The molecule has 2 aromatic rings. The van der Waals surface area contributed by atoms with Crippen molar-refractivity contribution in [2.75, 3.05) is 31.1 Å². The Balaban J connectivity index is 1.32. The van der Waals surface area contributed by atoms with Gasteiger partial charge in [0.05, 0.1) is 0 Å². The normalized spacial score (nSPS) is 19.2. The number of amides is 1. The topological polar surface area (TPSA) is 65.0 Å². The summed E-state index contributed by atoms with van der Waals surface area (Å²) >= 11 is 0. The molecule has 0 saturated carbocycles. The molecule has 0 bridgehead atoms. The van der Waals surface area contributed by atoms with E-state index in [1.54, 1.807) is 24.3 Å². The molecule has 29 heavy (non-hydrogen) atoms. The number of carbonyl (C=O) groups is 2. The lowest BCUT2D eigenvalue weighted by atomic mass is 10.0. The van der Waals surface area contributed by atoms with Crippen molar-refractivity contribution < 1.29 is 14.0 Å². The largest absolute Gasteiger partial charge is 0.368 e. The smallest absolute Gasteiger partial charge is 0.271 e. The molecule has 0 aromatic heterocycles. The van der Waals surface area contributed by atoms with Gasteiger partial charge in [-0.3, -0.25) is 9.59 Å². The number of aryl methyl sites for hydroxylation is 1. The zero-order chi connectivity index (χ0) is 20.4. The first kappa shape index (κ1) is 19.1. The van der Waals surface area contributed by atoms with Crippen molar-refractivity contribution in [1.29, 1.82) is 0 Å². The highest BCUT2D eigenvalue weighted by Gasteiger charge is 2.32. The minimum absolute atomic E-state index is 0.0755. The molecule has 1 fully saturated rings. The van der Waals surface area contributed by atoms with E-state index in [0.29, 0.717) is 24.6 Å². The number of carbonyl (C=O) groups excluding carboxylic acids is 2. The average molecular weight is 394 g/mol. The van der Waals surface area contributed by atoms with Crippen molar-refractivity contribution >= 4 is 23.3 Å². The number of anilines is 1. The van der Waals surface area contributed by atoms with Gasteiger partial charge >= 0.3 is 0 Å². The lowest BCUT2D eigenvalue weighted by Crippen LogP contribution is -2.52. The zero-order valence-corrected chi connectivity index (χ0v) is 16.3. The van der Waals surface area contributed by atoms with E-state index in [9.17, 15) is 14.0 Å². The summed E-state index contributed by atoms with van der Waals surface area (Å²) in [5.74, 6) is -0.0908. The van der Waals surface area contributed by atoms with Crippen molar-refractivity contribution in [2.45, 2.75) is 19.4 Å². The Labute approximate surface area is 169 Å². The minimum atomic E-state index is -0.617. The fourth-order valence-corrected chi connectivity index (χ4v) is 3.60. The number of guanidine groups is 1. The van der Waals surface area contributed by atoms with Gasteiger partial charge in [-0.05, 0) is 31.2 Å². The lowest BCUT2D eigenvalue weighted by molar-refractivity contribution is -0.118. The molecule has 2 aliphatic rings. The lowest BCUT2D eigenvalue weighted by Gasteiger charge is -2.37. The summed E-state index contributed by atoms with van der Waals surface area (Å²) in [4.78, 5) is 33.1. The van der Waals surface area contributed by atoms with Crippen molar-refractivity contribution in [3.63, 3.8) is 0 Å².